The molecular weight excluding hydrogens is 254 g/mol. The molecule has 0 amide bonds. The molecule has 7 heteroatoms. The van der Waals surface area contributed by atoms with Gasteiger partial charge in [-0.1, -0.05) is 11.6 Å². The smallest absolute Gasteiger partial charge is 0.311 e. The molecule has 0 saturated heterocycles. The maximum atomic E-state index is 12.5. The highest BCUT2D eigenvalue weighted by Crippen LogP contribution is 2.31. The van der Waals surface area contributed by atoms with Crippen molar-refractivity contribution in [1.29, 1.82) is 0 Å². The fourth-order valence-electron chi connectivity index (χ4n) is 1.26. The van der Waals surface area contributed by atoms with Crippen molar-refractivity contribution in [3.05, 3.63) is 22.3 Å². The van der Waals surface area contributed by atoms with Crippen LogP contribution >= 0.6 is 11.6 Å². The van der Waals surface area contributed by atoms with Gasteiger partial charge >= 0.3 is 5.97 Å². The topological polar surface area (TPSA) is 65.2 Å². The van der Waals surface area contributed by atoms with Crippen molar-refractivity contribution in [2.24, 2.45) is 0 Å². The van der Waals surface area contributed by atoms with Crippen LogP contribution in [-0.4, -0.2) is 17.6 Å². The van der Waals surface area contributed by atoms with Crippen molar-refractivity contribution in [3.63, 3.8) is 0 Å². The Hall–Kier alpha value is -1.43. The summed E-state index contributed by atoms with van der Waals surface area (Å²) in [6.07, 6.45) is -2.95. The molecule has 0 atom stereocenters. The van der Waals surface area contributed by atoms with Crippen LogP contribution in [0.5, 0.6) is 0 Å². The molecule has 4 nitrogen and oxygen atoms in total. The van der Waals surface area contributed by atoms with Gasteiger partial charge in [-0.05, 0) is 13.0 Å². The highest BCUT2D eigenvalue weighted by molar-refractivity contribution is 6.31. The lowest BCUT2D eigenvalue weighted by molar-refractivity contribution is -0.142. The van der Waals surface area contributed by atoms with Crippen molar-refractivity contribution in [2.75, 3.05) is 12.3 Å². The minimum Gasteiger partial charge on any atom is -0.466 e. The normalized spacial score (nSPS) is 10.6. The van der Waals surface area contributed by atoms with Gasteiger partial charge in [0.15, 0.2) is 0 Å². The number of pyridine rings is 1. The van der Waals surface area contributed by atoms with Gasteiger partial charge in [0.25, 0.3) is 6.43 Å². The predicted octanol–water partition coefficient (Wildman–Crippen LogP) is 2.36. The highest BCUT2D eigenvalue weighted by Gasteiger charge is 2.19. The molecule has 0 aliphatic carbocycles. The molecule has 1 heterocycles. The van der Waals surface area contributed by atoms with E-state index in [4.69, 9.17) is 22.1 Å². The van der Waals surface area contributed by atoms with Crippen LogP contribution in [0.25, 0.3) is 0 Å². The Labute approximate surface area is 102 Å². The first-order valence-corrected chi connectivity index (χ1v) is 5.22. The molecule has 0 fully saturated rings. The van der Waals surface area contributed by atoms with Gasteiger partial charge in [-0.15, -0.1) is 0 Å². The summed E-state index contributed by atoms with van der Waals surface area (Å²) in [6.45, 7) is 1.89. The Kier molecular flexibility index (Phi) is 4.62. The minimum atomic E-state index is -2.80. The number of nitrogens with two attached hydrogens (primary N) is 1. The molecule has 0 radical (unpaired) electrons. The third-order valence-corrected chi connectivity index (χ3v) is 2.25. The van der Waals surface area contributed by atoms with Crippen molar-refractivity contribution < 1.29 is 18.3 Å². The molecule has 0 spiro atoms. The van der Waals surface area contributed by atoms with Gasteiger partial charge in [0.05, 0.1) is 29.3 Å². The van der Waals surface area contributed by atoms with E-state index < -0.39 is 18.0 Å². The maximum Gasteiger partial charge on any atom is 0.311 e. The lowest BCUT2D eigenvalue weighted by Crippen LogP contribution is -2.10. The molecule has 0 aliphatic heterocycles. The van der Waals surface area contributed by atoms with Gasteiger partial charge in [-0.25, -0.2) is 13.8 Å². The van der Waals surface area contributed by atoms with Gasteiger partial charge < -0.3 is 10.5 Å². The molecule has 0 bridgehead atoms. The number of halogens is 3. The van der Waals surface area contributed by atoms with Crippen molar-refractivity contribution in [2.45, 2.75) is 19.8 Å². The van der Waals surface area contributed by atoms with Crippen molar-refractivity contribution in [1.82, 2.24) is 4.98 Å². The average Bonchev–Trinajstić information content (AvgIpc) is 2.15. The standard InChI is InChI=1S/C10H11ClF2N2O2/c1-2-17-7(16)4-5-3-6(11)8(9(12)13)10(14)15-5/h3,9H,2,4H2,1H3,(H2,14,15). The van der Waals surface area contributed by atoms with E-state index in [2.05, 4.69) is 4.98 Å². The Balaban J connectivity index is 2.94. The number of rotatable bonds is 4. The molecule has 0 aliphatic rings. The Morgan fingerprint density at radius 2 is 2.29 bits per heavy atom. The Morgan fingerprint density at radius 3 is 2.76 bits per heavy atom. The third kappa shape index (κ3) is 3.52. The largest absolute Gasteiger partial charge is 0.466 e. The van der Waals surface area contributed by atoms with Crippen LogP contribution in [-0.2, 0) is 16.0 Å². The molecule has 2 N–H and O–H groups in total. The summed E-state index contributed by atoms with van der Waals surface area (Å²) < 4.78 is 29.7. The highest BCUT2D eigenvalue weighted by atomic mass is 35.5. The number of alkyl halides is 2. The van der Waals surface area contributed by atoms with Gasteiger partial charge in [-0.3, -0.25) is 4.79 Å². The Morgan fingerprint density at radius 1 is 1.65 bits per heavy atom. The van der Waals surface area contributed by atoms with Gasteiger partial charge in [0.2, 0.25) is 0 Å². The lowest BCUT2D eigenvalue weighted by Gasteiger charge is -2.08. The number of ether oxygens (including phenoxy) is 1. The fourth-order valence-corrected chi connectivity index (χ4v) is 1.57. The lowest BCUT2D eigenvalue weighted by atomic mass is 10.2. The number of aromatic nitrogens is 1. The predicted molar refractivity (Wildman–Crippen MR) is 59.0 cm³/mol. The van der Waals surface area contributed by atoms with E-state index in [1.807, 2.05) is 0 Å². The van der Waals surface area contributed by atoms with Gasteiger partial charge in [0.1, 0.15) is 5.82 Å². The van der Waals surface area contributed by atoms with Gasteiger partial charge in [-0.2, -0.15) is 0 Å². The van der Waals surface area contributed by atoms with E-state index in [9.17, 15) is 13.6 Å². The summed E-state index contributed by atoms with van der Waals surface area (Å²) in [7, 11) is 0. The number of anilines is 1. The van der Waals surface area contributed by atoms with Crippen molar-refractivity contribution in [3.8, 4) is 0 Å². The monoisotopic (exact) mass is 264 g/mol. The summed E-state index contributed by atoms with van der Waals surface area (Å²) in [6, 6.07) is 1.19. The second kappa shape index (κ2) is 5.77. The van der Waals surface area contributed by atoms with E-state index >= 15 is 0 Å². The van der Waals surface area contributed by atoms with Crippen molar-refractivity contribution >= 4 is 23.4 Å². The van der Waals surface area contributed by atoms with Crippen LogP contribution in [0, 0.1) is 0 Å². The number of carbonyl (C=O) groups excluding carboxylic acids is 1. The second-order valence-corrected chi connectivity index (χ2v) is 3.58. The molecule has 0 saturated carbocycles. The minimum absolute atomic E-state index is 0.152. The molecule has 0 unspecified atom stereocenters. The quantitative estimate of drug-likeness (QED) is 0.848. The molecular formula is C10H11ClF2N2O2. The summed E-state index contributed by atoms with van der Waals surface area (Å²) in [4.78, 5) is 14.8. The van der Waals surface area contributed by atoms with E-state index in [1.54, 1.807) is 6.92 Å². The number of nitrogen functional groups attached to an aromatic ring is 1. The van der Waals surface area contributed by atoms with Crippen LogP contribution in [0.15, 0.2) is 6.07 Å². The van der Waals surface area contributed by atoms with E-state index in [0.29, 0.717) is 0 Å². The summed E-state index contributed by atoms with van der Waals surface area (Å²) in [5, 5.41) is -0.202. The SMILES string of the molecule is CCOC(=O)Cc1cc(Cl)c(C(F)F)c(N)n1. The number of hydrogen-bond acceptors (Lipinski definition) is 4. The van der Waals surface area contributed by atoms with Crippen LogP contribution in [0.3, 0.4) is 0 Å². The van der Waals surface area contributed by atoms with E-state index in [1.165, 1.54) is 6.07 Å². The van der Waals surface area contributed by atoms with Crippen LogP contribution in [0.4, 0.5) is 14.6 Å². The third-order valence-electron chi connectivity index (χ3n) is 1.94. The zero-order chi connectivity index (χ0) is 13.0. The first-order valence-electron chi connectivity index (χ1n) is 4.84. The molecule has 1 aromatic rings. The Bertz CT molecular complexity index is 404. The number of hydrogen-bond donors (Lipinski definition) is 1. The first-order chi connectivity index (χ1) is 7.95. The number of carbonyl (C=O) groups is 1. The molecule has 1 rings (SSSR count). The summed E-state index contributed by atoms with van der Waals surface area (Å²) in [5.74, 6) is -0.882. The zero-order valence-electron chi connectivity index (χ0n) is 9.04. The number of nitrogens with zero attached hydrogens (tertiary/aromatic N) is 1. The molecule has 17 heavy (non-hydrogen) atoms. The molecule has 1 aromatic heterocycles. The second-order valence-electron chi connectivity index (χ2n) is 3.18. The van der Waals surface area contributed by atoms with Crippen LogP contribution < -0.4 is 5.73 Å². The zero-order valence-corrected chi connectivity index (χ0v) is 9.80. The van der Waals surface area contributed by atoms with E-state index in [0.717, 1.165) is 0 Å². The summed E-state index contributed by atoms with van der Waals surface area (Å²) in [5.41, 5.74) is 5.03. The maximum absolute atomic E-state index is 12.5. The first kappa shape index (κ1) is 13.6. The fraction of sp³-hybridized carbons (Fsp3) is 0.400. The van der Waals surface area contributed by atoms with E-state index in [-0.39, 0.29) is 29.6 Å². The van der Waals surface area contributed by atoms with Gasteiger partial charge in [0, 0.05) is 0 Å². The average molecular weight is 265 g/mol. The van der Waals surface area contributed by atoms with Crippen LogP contribution in [0.2, 0.25) is 5.02 Å². The summed E-state index contributed by atoms with van der Waals surface area (Å²) >= 11 is 5.64. The molecule has 94 valence electrons. The number of esters is 1. The molecule has 0 aromatic carbocycles. The van der Waals surface area contributed by atoms with Crippen LogP contribution in [0.1, 0.15) is 24.6 Å².